The molecule has 1 N–H and O–H groups in total. The van der Waals surface area contributed by atoms with E-state index in [9.17, 15) is 18.0 Å². The highest BCUT2D eigenvalue weighted by Crippen LogP contribution is 2.14. The average Bonchev–Trinajstić information content (AvgIpc) is 2.25. The third kappa shape index (κ3) is 3.54. The number of methoxy groups -OCH3 is 1. The molecule has 0 radical (unpaired) electrons. The van der Waals surface area contributed by atoms with Gasteiger partial charge in [0.25, 0.3) is 0 Å². The van der Waals surface area contributed by atoms with Crippen LogP contribution in [-0.4, -0.2) is 32.0 Å². The normalized spacial score (nSPS) is 10.8. The van der Waals surface area contributed by atoms with Crippen molar-refractivity contribution in [2.24, 2.45) is 0 Å². The van der Waals surface area contributed by atoms with Gasteiger partial charge in [0.05, 0.1) is 18.2 Å². The van der Waals surface area contributed by atoms with Crippen molar-refractivity contribution in [3.05, 3.63) is 34.9 Å². The Kier molecular flexibility index (Phi) is 4.04. The van der Waals surface area contributed by atoms with Gasteiger partial charge in [0.15, 0.2) is 0 Å². The first-order valence-electron chi connectivity index (χ1n) is 4.65. The summed E-state index contributed by atoms with van der Waals surface area (Å²) in [7, 11) is -3.65. The SMILES string of the molecule is COC(=O)c1ccc(C(=O)OS(=O)(=O)O)c(C)c1. The van der Waals surface area contributed by atoms with Crippen LogP contribution < -0.4 is 0 Å². The van der Waals surface area contributed by atoms with Crippen LogP contribution in [0.3, 0.4) is 0 Å². The van der Waals surface area contributed by atoms with Gasteiger partial charge in [-0.3, -0.25) is 4.55 Å². The quantitative estimate of drug-likeness (QED) is 0.639. The second kappa shape index (κ2) is 5.15. The number of benzene rings is 1. The summed E-state index contributed by atoms with van der Waals surface area (Å²) in [6.07, 6.45) is 0. The summed E-state index contributed by atoms with van der Waals surface area (Å²) < 4.78 is 37.4. The zero-order valence-electron chi connectivity index (χ0n) is 9.54. The lowest BCUT2D eigenvalue weighted by Gasteiger charge is -2.06. The number of carbonyl (C=O) groups excluding carboxylic acids is 2. The Morgan fingerprint density at radius 2 is 1.83 bits per heavy atom. The number of esters is 1. The smallest absolute Gasteiger partial charge is 0.449 e. The zero-order valence-corrected chi connectivity index (χ0v) is 10.4. The molecule has 1 aromatic rings. The van der Waals surface area contributed by atoms with E-state index in [2.05, 4.69) is 8.92 Å². The minimum atomic E-state index is -4.86. The maximum Gasteiger partial charge on any atom is 0.449 e. The van der Waals surface area contributed by atoms with Crippen molar-refractivity contribution in [2.45, 2.75) is 6.92 Å². The van der Waals surface area contributed by atoms with Crippen LogP contribution in [0.1, 0.15) is 26.3 Å². The molecule has 0 saturated carbocycles. The largest absolute Gasteiger partial charge is 0.465 e. The molecule has 0 spiro atoms. The standard InChI is InChI=1S/C10H10O7S/c1-6-5-7(9(11)16-2)3-4-8(6)10(12)17-18(13,14)15/h3-5H,1-2H3,(H,13,14,15). The lowest BCUT2D eigenvalue weighted by molar-refractivity contribution is 0.0598. The monoisotopic (exact) mass is 274 g/mol. The molecular formula is C10H10O7S. The van der Waals surface area contributed by atoms with Crippen LogP contribution in [0, 0.1) is 6.92 Å². The van der Waals surface area contributed by atoms with Gasteiger partial charge in [0.2, 0.25) is 0 Å². The predicted octanol–water partition coefficient (Wildman–Crippen LogP) is 0.741. The van der Waals surface area contributed by atoms with Crippen LogP contribution in [0.15, 0.2) is 18.2 Å². The van der Waals surface area contributed by atoms with E-state index in [0.717, 1.165) is 0 Å². The molecule has 7 nitrogen and oxygen atoms in total. The van der Waals surface area contributed by atoms with Gasteiger partial charge in [-0.2, -0.15) is 8.42 Å². The second-order valence-corrected chi connectivity index (χ2v) is 4.34. The highest BCUT2D eigenvalue weighted by atomic mass is 32.3. The molecule has 0 atom stereocenters. The van der Waals surface area contributed by atoms with Gasteiger partial charge in [-0.15, -0.1) is 0 Å². The van der Waals surface area contributed by atoms with Gasteiger partial charge in [0, 0.05) is 0 Å². The minimum Gasteiger partial charge on any atom is -0.465 e. The van der Waals surface area contributed by atoms with E-state index in [4.69, 9.17) is 4.55 Å². The Balaban J connectivity index is 3.06. The summed E-state index contributed by atoms with van der Waals surface area (Å²) in [5.74, 6) is -1.82. The van der Waals surface area contributed by atoms with E-state index in [-0.39, 0.29) is 11.1 Å². The number of rotatable bonds is 3. The average molecular weight is 274 g/mol. The summed E-state index contributed by atoms with van der Waals surface area (Å²) >= 11 is 0. The highest BCUT2D eigenvalue weighted by Gasteiger charge is 2.18. The van der Waals surface area contributed by atoms with E-state index >= 15 is 0 Å². The van der Waals surface area contributed by atoms with Gasteiger partial charge < -0.3 is 8.92 Å². The molecule has 0 aliphatic rings. The maximum atomic E-state index is 11.4. The molecule has 98 valence electrons. The Labute approximate surface area is 103 Å². The first-order chi connectivity index (χ1) is 8.24. The number of hydrogen-bond acceptors (Lipinski definition) is 6. The molecule has 1 aromatic carbocycles. The number of hydrogen-bond donors (Lipinski definition) is 1. The molecule has 0 aromatic heterocycles. The zero-order chi connectivity index (χ0) is 13.9. The van der Waals surface area contributed by atoms with E-state index in [1.54, 1.807) is 0 Å². The molecule has 0 aliphatic carbocycles. The van der Waals surface area contributed by atoms with Gasteiger partial charge in [-0.25, -0.2) is 9.59 Å². The predicted molar refractivity (Wildman–Crippen MR) is 59.5 cm³/mol. The summed E-state index contributed by atoms with van der Waals surface area (Å²) in [5.41, 5.74) is 0.435. The van der Waals surface area contributed by atoms with Gasteiger partial charge in [0.1, 0.15) is 0 Å². The van der Waals surface area contributed by atoms with Crippen LogP contribution in [0.25, 0.3) is 0 Å². The van der Waals surface area contributed by atoms with Crippen molar-refractivity contribution < 1.29 is 31.5 Å². The molecule has 0 fully saturated rings. The Hall–Kier alpha value is -1.93. The third-order valence-electron chi connectivity index (χ3n) is 2.05. The fraction of sp³-hybridized carbons (Fsp3) is 0.200. The van der Waals surface area contributed by atoms with Crippen LogP contribution in [-0.2, 0) is 19.3 Å². The van der Waals surface area contributed by atoms with Crippen molar-refractivity contribution in [3.8, 4) is 0 Å². The Morgan fingerprint density at radius 1 is 1.22 bits per heavy atom. The molecule has 0 saturated heterocycles. The maximum absolute atomic E-state index is 11.4. The highest BCUT2D eigenvalue weighted by molar-refractivity contribution is 7.81. The summed E-state index contributed by atoms with van der Waals surface area (Å²) in [6, 6.07) is 3.82. The van der Waals surface area contributed by atoms with Gasteiger partial charge >= 0.3 is 22.3 Å². The van der Waals surface area contributed by atoms with Gasteiger partial charge in [-0.1, -0.05) is 0 Å². The van der Waals surface area contributed by atoms with Crippen molar-refractivity contribution in [1.82, 2.24) is 0 Å². The fourth-order valence-corrected chi connectivity index (χ4v) is 1.56. The molecule has 0 heterocycles. The summed E-state index contributed by atoms with van der Waals surface area (Å²) in [5, 5.41) is 0. The Bertz CT molecular complexity index is 588. The number of ether oxygens (including phenoxy) is 1. The van der Waals surface area contributed by atoms with Crippen LogP contribution >= 0.6 is 0 Å². The summed E-state index contributed by atoms with van der Waals surface area (Å²) in [6.45, 7) is 1.48. The molecule has 0 bridgehead atoms. The van der Waals surface area contributed by atoms with Gasteiger partial charge in [-0.05, 0) is 30.7 Å². The first kappa shape index (κ1) is 14.1. The molecule has 8 heteroatoms. The molecule has 0 amide bonds. The molecular weight excluding hydrogens is 264 g/mol. The van der Waals surface area contributed by atoms with E-state index in [1.165, 1.54) is 32.2 Å². The van der Waals surface area contributed by atoms with Crippen LogP contribution in [0.2, 0.25) is 0 Å². The lowest BCUT2D eigenvalue weighted by atomic mass is 10.1. The van der Waals surface area contributed by atoms with Crippen molar-refractivity contribution in [1.29, 1.82) is 0 Å². The summed E-state index contributed by atoms with van der Waals surface area (Å²) in [4.78, 5) is 22.6. The Morgan fingerprint density at radius 3 is 2.28 bits per heavy atom. The van der Waals surface area contributed by atoms with E-state index in [1.807, 2.05) is 0 Å². The van der Waals surface area contributed by atoms with Crippen molar-refractivity contribution >= 4 is 22.3 Å². The molecule has 0 aliphatic heterocycles. The minimum absolute atomic E-state index is 0.0831. The lowest BCUT2D eigenvalue weighted by Crippen LogP contribution is -2.13. The van der Waals surface area contributed by atoms with Crippen molar-refractivity contribution in [2.75, 3.05) is 7.11 Å². The third-order valence-corrected chi connectivity index (χ3v) is 2.41. The molecule has 18 heavy (non-hydrogen) atoms. The molecule has 1 rings (SSSR count). The van der Waals surface area contributed by atoms with Crippen LogP contribution in [0.5, 0.6) is 0 Å². The fourth-order valence-electron chi connectivity index (χ4n) is 1.28. The molecule has 0 unspecified atom stereocenters. The van der Waals surface area contributed by atoms with E-state index in [0.29, 0.717) is 5.56 Å². The second-order valence-electron chi connectivity index (χ2n) is 3.32. The van der Waals surface area contributed by atoms with E-state index < -0.39 is 22.3 Å². The van der Waals surface area contributed by atoms with Crippen molar-refractivity contribution in [3.63, 3.8) is 0 Å². The number of carbonyl (C=O) groups is 2. The number of aryl methyl sites for hydroxylation is 1. The topological polar surface area (TPSA) is 107 Å². The first-order valence-corrected chi connectivity index (χ1v) is 6.01. The van der Waals surface area contributed by atoms with Crippen LogP contribution in [0.4, 0.5) is 0 Å².